The summed E-state index contributed by atoms with van der Waals surface area (Å²) in [6.07, 6.45) is 6.55. The first-order chi connectivity index (χ1) is 14.0. The van der Waals surface area contributed by atoms with Gasteiger partial charge in [0.05, 0.1) is 11.8 Å². The van der Waals surface area contributed by atoms with Gasteiger partial charge < -0.3 is 5.32 Å². The van der Waals surface area contributed by atoms with E-state index in [1.54, 1.807) is 30.0 Å². The molecule has 4 atom stereocenters. The normalized spacial score (nSPS) is 33.7. The average molecular weight is 434 g/mol. The predicted molar refractivity (Wildman–Crippen MR) is 113 cm³/mol. The van der Waals surface area contributed by atoms with Crippen LogP contribution in [0.4, 0.5) is 5.69 Å². The number of halogens is 1. The minimum Gasteiger partial charge on any atom is -0.324 e. The van der Waals surface area contributed by atoms with Crippen molar-refractivity contribution >= 4 is 46.8 Å². The molecule has 0 unspecified atom stereocenters. The fraction of sp³-hybridized carbons (Fsp3) is 0.571. The lowest BCUT2D eigenvalue weighted by Gasteiger charge is -2.31. The largest absolute Gasteiger partial charge is 0.324 e. The molecule has 1 saturated carbocycles. The Kier molecular flexibility index (Phi) is 4.68. The molecule has 1 aliphatic carbocycles. The molecule has 1 spiro atoms. The van der Waals surface area contributed by atoms with E-state index in [1.165, 1.54) is 4.90 Å². The number of hydrogen-bond acceptors (Lipinski definition) is 5. The summed E-state index contributed by atoms with van der Waals surface area (Å²) in [5.41, 5.74) is 0.121. The van der Waals surface area contributed by atoms with Crippen LogP contribution in [0.2, 0.25) is 5.02 Å². The SMILES string of the molecule is CSCC[C@@H]1N[C@@]2(C(=O)Nc3ccc(Cl)cc32)[C@@H]2C(=O)N(C3CCCC3)C(=O)[C@H]12. The van der Waals surface area contributed by atoms with Crippen molar-refractivity contribution in [3.05, 3.63) is 28.8 Å². The van der Waals surface area contributed by atoms with E-state index in [0.29, 0.717) is 16.3 Å². The number of thioether (sulfide) groups is 1. The maximum atomic E-state index is 13.7. The lowest BCUT2D eigenvalue weighted by molar-refractivity contribution is -0.145. The molecule has 1 aromatic rings. The van der Waals surface area contributed by atoms with Gasteiger partial charge in [-0.1, -0.05) is 24.4 Å². The first-order valence-corrected chi connectivity index (χ1v) is 12.0. The first kappa shape index (κ1) is 19.4. The Hall–Kier alpha value is -1.57. The molecule has 3 amide bonds. The zero-order valence-corrected chi connectivity index (χ0v) is 17.8. The molecule has 5 rings (SSSR count). The Morgan fingerprint density at radius 1 is 1.21 bits per heavy atom. The van der Waals surface area contributed by atoms with Crippen LogP contribution in [-0.2, 0) is 19.9 Å². The highest BCUT2D eigenvalue weighted by atomic mass is 35.5. The van der Waals surface area contributed by atoms with Gasteiger partial charge in [-0.3, -0.25) is 24.6 Å². The van der Waals surface area contributed by atoms with Gasteiger partial charge in [-0.25, -0.2) is 0 Å². The zero-order chi connectivity index (χ0) is 20.3. The molecule has 0 radical (unpaired) electrons. The minimum atomic E-state index is -1.23. The molecule has 3 fully saturated rings. The van der Waals surface area contributed by atoms with E-state index >= 15 is 0 Å². The lowest BCUT2D eigenvalue weighted by atomic mass is 9.76. The van der Waals surface area contributed by atoms with Crippen molar-refractivity contribution in [2.45, 2.75) is 49.7 Å². The molecule has 2 saturated heterocycles. The number of rotatable bonds is 4. The van der Waals surface area contributed by atoms with E-state index in [1.807, 2.05) is 6.26 Å². The van der Waals surface area contributed by atoms with E-state index in [9.17, 15) is 14.4 Å². The summed E-state index contributed by atoms with van der Waals surface area (Å²) in [4.78, 5) is 41.9. The molecular formula is C21H24ClN3O3S. The summed E-state index contributed by atoms with van der Waals surface area (Å²) in [6.45, 7) is 0. The number of fused-ring (bicyclic) bond motifs is 4. The van der Waals surface area contributed by atoms with Gasteiger partial charge in [-0.05, 0) is 49.5 Å². The van der Waals surface area contributed by atoms with Gasteiger partial charge in [0, 0.05) is 28.4 Å². The number of hydrogen-bond donors (Lipinski definition) is 2. The van der Waals surface area contributed by atoms with Crippen LogP contribution in [-0.4, -0.2) is 46.7 Å². The summed E-state index contributed by atoms with van der Waals surface area (Å²) in [5.74, 6) is -0.940. The molecule has 4 aliphatic rings. The molecule has 0 aromatic heterocycles. The highest BCUT2D eigenvalue weighted by Gasteiger charge is 2.70. The molecule has 3 heterocycles. The maximum Gasteiger partial charge on any atom is 0.250 e. The van der Waals surface area contributed by atoms with E-state index in [2.05, 4.69) is 10.6 Å². The molecule has 2 N–H and O–H groups in total. The van der Waals surface area contributed by atoms with Gasteiger partial charge in [0.25, 0.3) is 0 Å². The van der Waals surface area contributed by atoms with Gasteiger partial charge >= 0.3 is 0 Å². The standard InChI is InChI=1S/C21H24ClN3O3S/c1-29-9-8-15-16-17(19(27)25(18(16)26)12-4-2-3-5-12)21(24-15)13-10-11(22)6-7-14(13)23-20(21)28/h6-7,10,12,15-17,24H,2-5,8-9H2,1H3,(H,23,28)/t15-,16+,17-,21+/m0/s1. The van der Waals surface area contributed by atoms with Gasteiger partial charge in [0.15, 0.2) is 0 Å². The van der Waals surface area contributed by atoms with Gasteiger partial charge in [0.2, 0.25) is 17.7 Å². The van der Waals surface area contributed by atoms with Crippen LogP contribution in [0, 0.1) is 11.8 Å². The Morgan fingerprint density at radius 2 is 1.97 bits per heavy atom. The zero-order valence-electron chi connectivity index (χ0n) is 16.2. The Morgan fingerprint density at radius 3 is 2.69 bits per heavy atom. The van der Waals surface area contributed by atoms with Crippen molar-refractivity contribution < 1.29 is 14.4 Å². The van der Waals surface area contributed by atoms with E-state index < -0.39 is 17.4 Å². The predicted octanol–water partition coefficient (Wildman–Crippen LogP) is 2.76. The highest BCUT2D eigenvalue weighted by molar-refractivity contribution is 7.98. The Balaban J connectivity index is 1.63. The van der Waals surface area contributed by atoms with Crippen LogP contribution in [0.15, 0.2) is 18.2 Å². The number of nitrogens with one attached hydrogen (secondary N) is 2. The van der Waals surface area contributed by atoms with Crippen LogP contribution in [0.1, 0.15) is 37.7 Å². The summed E-state index contributed by atoms with van der Waals surface area (Å²) in [5, 5.41) is 6.88. The third-order valence-electron chi connectivity index (χ3n) is 7.03. The van der Waals surface area contributed by atoms with Crippen molar-refractivity contribution in [1.82, 2.24) is 10.2 Å². The number of benzene rings is 1. The highest BCUT2D eigenvalue weighted by Crippen LogP contribution is 2.54. The van der Waals surface area contributed by atoms with Crippen LogP contribution >= 0.6 is 23.4 Å². The second-order valence-electron chi connectivity index (χ2n) is 8.47. The third kappa shape index (κ3) is 2.63. The van der Waals surface area contributed by atoms with Crippen molar-refractivity contribution in [3.63, 3.8) is 0 Å². The fourth-order valence-corrected chi connectivity index (χ4v) is 6.47. The second-order valence-corrected chi connectivity index (χ2v) is 9.89. The molecule has 0 bridgehead atoms. The van der Waals surface area contributed by atoms with Crippen LogP contribution in [0.3, 0.4) is 0 Å². The molecule has 1 aromatic carbocycles. The first-order valence-electron chi connectivity index (χ1n) is 10.2. The number of nitrogens with zero attached hydrogens (tertiary/aromatic N) is 1. The number of anilines is 1. The molecule has 154 valence electrons. The maximum absolute atomic E-state index is 13.7. The molecular weight excluding hydrogens is 410 g/mol. The fourth-order valence-electron chi connectivity index (χ4n) is 5.81. The number of carbonyl (C=O) groups is 3. The molecule has 8 heteroatoms. The van der Waals surface area contributed by atoms with E-state index in [4.69, 9.17) is 11.6 Å². The number of amides is 3. The van der Waals surface area contributed by atoms with Crippen LogP contribution < -0.4 is 10.6 Å². The van der Waals surface area contributed by atoms with Gasteiger partial charge in [-0.2, -0.15) is 11.8 Å². The van der Waals surface area contributed by atoms with Crippen molar-refractivity contribution in [1.29, 1.82) is 0 Å². The Labute approximate surface area is 179 Å². The Bertz CT molecular complexity index is 903. The second kappa shape index (κ2) is 7.00. The topological polar surface area (TPSA) is 78.5 Å². The summed E-state index contributed by atoms with van der Waals surface area (Å²) >= 11 is 7.96. The monoisotopic (exact) mass is 433 g/mol. The average Bonchev–Trinajstić information content (AvgIpc) is 3.43. The van der Waals surface area contributed by atoms with E-state index in [0.717, 1.165) is 37.9 Å². The summed E-state index contributed by atoms with van der Waals surface area (Å²) in [6, 6.07) is 5.01. The molecule has 29 heavy (non-hydrogen) atoms. The lowest BCUT2D eigenvalue weighted by Crippen LogP contribution is -2.54. The van der Waals surface area contributed by atoms with Gasteiger partial charge in [-0.15, -0.1) is 0 Å². The molecule has 3 aliphatic heterocycles. The van der Waals surface area contributed by atoms with Crippen LogP contribution in [0.5, 0.6) is 0 Å². The quantitative estimate of drug-likeness (QED) is 0.714. The van der Waals surface area contributed by atoms with Crippen molar-refractivity contribution in [2.75, 3.05) is 17.3 Å². The smallest absolute Gasteiger partial charge is 0.250 e. The third-order valence-corrected chi connectivity index (χ3v) is 7.91. The van der Waals surface area contributed by atoms with E-state index in [-0.39, 0.29) is 29.8 Å². The number of imide groups is 1. The summed E-state index contributed by atoms with van der Waals surface area (Å²) in [7, 11) is 0. The van der Waals surface area contributed by atoms with Gasteiger partial charge in [0.1, 0.15) is 5.54 Å². The minimum absolute atomic E-state index is 0.0258. The number of carbonyl (C=O) groups excluding carboxylic acids is 3. The molecule has 6 nitrogen and oxygen atoms in total. The number of likely N-dealkylation sites (tertiary alicyclic amines) is 1. The summed E-state index contributed by atoms with van der Waals surface area (Å²) < 4.78 is 0. The van der Waals surface area contributed by atoms with Crippen molar-refractivity contribution in [3.8, 4) is 0 Å². The van der Waals surface area contributed by atoms with Crippen LogP contribution in [0.25, 0.3) is 0 Å². The van der Waals surface area contributed by atoms with Crippen molar-refractivity contribution in [2.24, 2.45) is 11.8 Å².